The van der Waals surface area contributed by atoms with E-state index in [1.54, 1.807) is 23.3 Å². The Kier molecular flexibility index (Phi) is 14.6. The summed E-state index contributed by atoms with van der Waals surface area (Å²) in [5.74, 6) is 0.868. The van der Waals surface area contributed by atoms with Crippen LogP contribution in [-0.4, -0.2) is 5.43 Å². The van der Waals surface area contributed by atoms with E-state index < -0.39 is 5.43 Å². The van der Waals surface area contributed by atoms with Crippen LogP contribution in [0, 0.1) is 24.0 Å². The van der Waals surface area contributed by atoms with E-state index in [0.717, 1.165) is 0 Å². The number of rotatable bonds is 4. The zero-order valence-corrected chi connectivity index (χ0v) is 33.9. The molecule has 4 heteroatoms. The summed E-state index contributed by atoms with van der Waals surface area (Å²) in [6.07, 6.45) is 11.5. The van der Waals surface area contributed by atoms with E-state index in [4.69, 9.17) is 0 Å². The van der Waals surface area contributed by atoms with Gasteiger partial charge >= 0.3 is 99.8 Å². The minimum absolute atomic E-state index is 0. The summed E-state index contributed by atoms with van der Waals surface area (Å²) in [4.78, 5) is 0. The van der Waals surface area contributed by atoms with Crippen LogP contribution in [0.4, 0.5) is 0 Å². The number of hydrogen-bond donors (Lipinski definition) is 0. The Morgan fingerprint density at radius 1 is 0.460 bits per heavy atom. The molecule has 0 spiro atoms. The van der Waals surface area contributed by atoms with Gasteiger partial charge in [0.2, 0.25) is 0 Å². The van der Waals surface area contributed by atoms with Crippen LogP contribution in [0.1, 0.15) is 38.8 Å². The van der Waals surface area contributed by atoms with E-state index >= 15 is 0 Å². The number of benzene rings is 6. The van der Waals surface area contributed by atoms with Crippen molar-refractivity contribution in [3.63, 3.8) is 0 Å². The third kappa shape index (κ3) is 9.42. The molecule has 0 nitrogen and oxygen atoms in total. The normalized spacial score (nSPS) is 15.9. The maximum atomic E-state index is 3.45. The molecule has 2 unspecified atom stereocenters. The predicted molar refractivity (Wildman–Crippen MR) is 205 cm³/mol. The molecule has 0 aromatic heterocycles. The fourth-order valence-electron chi connectivity index (χ4n) is 6.55. The van der Waals surface area contributed by atoms with Crippen molar-refractivity contribution in [2.24, 2.45) is 11.8 Å². The van der Waals surface area contributed by atoms with Gasteiger partial charge in [-0.1, -0.05) is 136 Å². The van der Waals surface area contributed by atoms with Gasteiger partial charge in [0.1, 0.15) is 0 Å². The van der Waals surface area contributed by atoms with Crippen LogP contribution in [0.25, 0.3) is 32.7 Å². The Hall–Kier alpha value is -3.52. The second-order valence-corrected chi connectivity index (χ2v) is 18.0. The zero-order chi connectivity index (χ0) is 33.5. The van der Waals surface area contributed by atoms with Crippen LogP contribution in [0.2, 0.25) is 0 Å². The summed E-state index contributed by atoms with van der Waals surface area (Å²) in [5, 5.41) is 8.30. The van der Waals surface area contributed by atoms with Crippen molar-refractivity contribution in [2.75, 3.05) is 0 Å². The molecular formula is C46H40Cl2SiZr-2. The van der Waals surface area contributed by atoms with Gasteiger partial charge in [0.05, 0.1) is 0 Å². The van der Waals surface area contributed by atoms with Crippen LogP contribution >= 0.6 is 0 Å². The molecule has 0 saturated carbocycles. The standard InChI is InChI=1S/2C17H15.C12H10Si.2ClH.Zr/c2*1-12-10-13(2)17(11-12)16-9-5-7-14-6-3-4-8-15(14)16;1-3-7-11(8-4-1)13-12-9-5-2-6-10-12;;;/h2*3-9,11-12H,1-2H3;1-10H;2*1H;/q2*-1;;;;+2/p-2. The third-order valence-corrected chi connectivity index (χ3v) is 14.9. The predicted octanol–water partition coefficient (Wildman–Crippen LogP) is 4.59. The molecule has 0 fully saturated rings. The molecule has 0 aliphatic heterocycles. The van der Waals surface area contributed by atoms with Crippen LogP contribution in [0.5, 0.6) is 0 Å². The summed E-state index contributed by atoms with van der Waals surface area (Å²) >= 11 is 1.64. The molecule has 50 heavy (non-hydrogen) atoms. The molecule has 0 radical (unpaired) electrons. The molecule has 8 rings (SSSR count). The molecule has 6 aromatic carbocycles. The number of hydrogen-bond acceptors (Lipinski definition) is 0. The van der Waals surface area contributed by atoms with Crippen molar-refractivity contribution < 1.29 is 48.1 Å². The van der Waals surface area contributed by atoms with E-state index in [1.807, 2.05) is 0 Å². The van der Waals surface area contributed by atoms with Crippen molar-refractivity contribution in [1.29, 1.82) is 0 Å². The molecular weight excluding hydrogens is 743 g/mol. The number of halogens is 2. The molecule has 0 saturated heterocycles. The van der Waals surface area contributed by atoms with Gasteiger partial charge in [-0.05, 0) is 21.5 Å². The van der Waals surface area contributed by atoms with Crippen LogP contribution in [0.3, 0.4) is 0 Å². The van der Waals surface area contributed by atoms with Gasteiger partial charge in [-0.25, -0.2) is 11.1 Å². The molecule has 0 amide bonds. The molecule has 2 atom stereocenters. The van der Waals surface area contributed by atoms with Gasteiger partial charge < -0.3 is 24.8 Å². The first-order valence-corrected chi connectivity index (χ1v) is 21.9. The van der Waals surface area contributed by atoms with Gasteiger partial charge in [-0.3, -0.25) is 12.2 Å². The van der Waals surface area contributed by atoms with Gasteiger partial charge in [0, 0.05) is 0 Å². The second-order valence-electron chi connectivity index (χ2n) is 12.4. The number of allylic oxidation sites excluding steroid dienone is 8. The summed E-state index contributed by atoms with van der Waals surface area (Å²) in [7, 11) is 0. The Bertz CT molecular complexity index is 2030. The Balaban J connectivity index is 0.000000166. The van der Waals surface area contributed by atoms with Gasteiger partial charge in [-0.15, -0.1) is 0 Å². The van der Waals surface area contributed by atoms with Crippen LogP contribution in [-0.2, 0) is 23.3 Å². The average Bonchev–Trinajstić information content (AvgIpc) is 3.66. The molecule has 0 bridgehead atoms. The van der Waals surface area contributed by atoms with Gasteiger partial charge in [-0.2, -0.15) is 23.3 Å². The minimum atomic E-state index is -0.455. The van der Waals surface area contributed by atoms with Crippen molar-refractivity contribution in [3.8, 4) is 0 Å². The van der Waals surface area contributed by atoms with E-state index in [1.165, 1.54) is 65.3 Å². The van der Waals surface area contributed by atoms with Crippen molar-refractivity contribution in [2.45, 2.75) is 27.7 Å². The molecule has 0 heterocycles. The monoisotopic (exact) mass is 780 g/mol. The van der Waals surface area contributed by atoms with E-state index in [0.29, 0.717) is 11.8 Å². The first kappa shape index (κ1) is 39.3. The van der Waals surface area contributed by atoms with Crippen molar-refractivity contribution in [3.05, 3.63) is 192 Å². The molecule has 2 aliphatic carbocycles. The summed E-state index contributed by atoms with van der Waals surface area (Å²) < 4.78 is 0. The average molecular weight is 783 g/mol. The Morgan fingerprint density at radius 3 is 1.16 bits per heavy atom. The molecule has 6 aromatic rings. The molecule has 2 aliphatic rings. The topological polar surface area (TPSA) is 0 Å². The SMILES string of the molecule is CC1=[C-]C(C)C=C1c1cccc2ccccc12.CC1=[C-]C(C)C=C1c1cccc2ccccc12.[Cl-].[Cl-].[Zr+2]=[Si](c1ccccc1)c1ccccc1. The van der Waals surface area contributed by atoms with Crippen LogP contribution in [0.15, 0.2) is 169 Å². The van der Waals surface area contributed by atoms with Gasteiger partial charge in [0.25, 0.3) is 0 Å². The first-order valence-electron chi connectivity index (χ1n) is 16.7. The van der Waals surface area contributed by atoms with E-state index in [-0.39, 0.29) is 24.8 Å². The Morgan fingerprint density at radius 2 is 0.800 bits per heavy atom. The zero-order valence-electron chi connectivity index (χ0n) is 28.9. The molecule has 0 N–H and O–H groups in total. The van der Waals surface area contributed by atoms with E-state index in [2.05, 4.69) is 198 Å². The first-order chi connectivity index (χ1) is 23.4. The summed E-state index contributed by atoms with van der Waals surface area (Å²) in [6, 6.07) is 51.8. The van der Waals surface area contributed by atoms with Crippen molar-refractivity contribution >= 4 is 48.5 Å². The van der Waals surface area contributed by atoms with Crippen molar-refractivity contribution in [1.82, 2.24) is 0 Å². The fourth-order valence-corrected chi connectivity index (χ4v) is 10.4. The second kappa shape index (κ2) is 18.6. The quantitative estimate of drug-likeness (QED) is 0.182. The van der Waals surface area contributed by atoms with E-state index in [9.17, 15) is 0 Å². The maximum absolute atomic E-state index is 3.45. The van der Waals surface area contributed by atoms with Gasteiger partial charge in [0.15, 0.2) is 0 Å². The summed E-state index contributed by atoms with van der Waals surface area (Å²) in [6.45, 7) is 8.66. The Labute approximate surface area is 325 Å². The molecule has 248 valence electrons. The number of fused-ring (bicyclic) bond motifs is 2. The summed E-state index contributed by atoms with van der Waals surface area (Å²) in [5.41, 5.74) is 7.44. The van der Waals surface area contributed by atoms with Crippen LogP contribution < -0.4 is 35.2 Å². The fraction of sp³-hybridized carbons (Fsp3) is 0.130. The third-order valence-electron chi connectivity index (χ3n) is 8.81.